The van der Waals surface area contributed by atoms with E-state index in [1.165, 1.54) is 12.0 Å². The Morgan fingerprint density at radius 1 is 1.02 bits per heavy atom. The number of rotatable bonds is 8. The number of aliphatic hydroxyl groups excluding tert-OH is 1. The predicted molar refractivity (Wildman–Crippen MR) is 178 cm³/mol. The molecule has 2 aromatic carbocycles. The van der Waals surface area contributed by atoms with Gasteiger partial charge in [-0.25, -0.2) is 0 Å². The van der Waals surface area contributed by atoms with Gasteiger partial charge in [0.25, 0.3) is 5.91 Å². The summed E-state index contributed by atoms with van der Waals surface area (Å²) in [6.07, 6.45) is 6.22. The lowest BCUT2D eigenvalue weighted by Crippen LogP contribution is -2.58. The number of nitrogens with zero attached hydrogens (tertiary/aromatic N) is 2. The number of hydrogen-bond acceptors (Lipinski definition) is 9. The minimum atomic E-state index is -1.48. The highest BCUT2D eigenvalue weighted by Crippen LogP contribution is 2.56. The van der Waals surface area contributed by atoms with Crippen molar-refractivity contribution < 1.29 is 43.2 Å². The van der Waals surface area contributed by atoms with E-state index in [-0.39, 0.29) is 32.1 Å². The van der Waals surface area contributed by atoms with Gasteiger partial charge < -0.3 is 39.2 Å². The number of aliphatic hydroxyl groups is 1. The maximum Gasteiger partial charge on any atom is 0.313 e. The third kappa shape index (κ3) is 6.24. The van der Waals surface area contributed by atoms with E-state index in [2.05, 4.69) is 5.32 Å². The van der Waals surface area contributed by atoms with Crippen LogP contribution in [-0.2, 0) is 33.4 Å². The highest BCUT2D eigenvalue weighted by molar-refractivity contribution is 6.05. The van der Waals surface area contributed by atoms with E-state index >= 15 is 0 Å². The predicted octanol–water partition coefficient (Wildman–Crippen LogP) is 2.72. The van der Waals surface area contributed by atoms with Gasteiger partial charge in [-0.3, -0.25) is 19.2 Å². The van der Waals surface area contributed by atoms with Crippen molar-refractivity contribution in [3.05, 3.63) is 84.5 Å². The van der Waals surface area contributed by atoms with Crippen molar-refractivity contribution in [2.75, 3.05) is 38.9 Å². The summed E-state index contributed by atoms with van der Waals surface area (Å²) in [4.78, 5) is 60.0. The van der Waals surface area contributed by atoms with E-state index in [0.29, 0.717) is 29.8 Å². The van der Waals surface area contributed by atoms with Crippen LogP contribution in [0.2, 0.25) is 0 Å². The molecule has 2 fully saturated rings. The van der Waals surface area contributed by atoms with Crippen LogP contribution in [0.25, 0.3) is 0 Å². The third-order valence-electron chi connectivity index (χ3n) is 9.97. The van der Waals surface area contributed by atoms with Crippen LogP contribution in [0.15, 0.2) is 78.9 Å². The largest absolute Gasteiger partial charge is 0.497 e. The average Bonchev–Trinajstić information content (AvgIpc) is 3.76. The fourth-order valence-corrected chi connectivity index (χ4v) is 7.60. The van der Waals surface area contributed by atoms with Gasteiger partial charge in [-0.2, -0.15) is 0 Å². The van der Waals surface area contributed by atoms with Crippen LogP contribution in [0.5, 0.6) is 5.75 Å². The highest BCUT2D eigenvalue weighted by atomic mass is 16.6. The first-order chi connectivity index (χ1) is 23.8. The average molecular weight is 674 g/mol. The monoisotopic (exact) mass is 673 g/mol. The number of allylic oxidation sites excluding steroid dienone is 1. The van der Waals surface area contributed by atoms with Gasteiger partial charge in [0, 0.05) is 25.8 Å². The lowest BCUT2D eigenvalue weighted by atomic mass is 9.74. The second-order valence-corrected chi connectivity index (χ2v) is 12.7. The van der Waals surface area contributed by atoms with Crippen LogP contribution in [-0.4, -0.2) is 97.5 Å². The Bertz CT molecular complexity index is 1590. The van der Waals surface area contributed by atoms with Gasteiger partial charge >= 0.3 is 5.97 Å². The Kier molecular flexibility index (Phi) is 10.2. The van der Waals surface area contributed by atoms with E-state index in [9.17, 15) is 24.3 Å². The Balaban J connectivity index is 1.47. The number of carbonyl (C=O) groups excluding carboxylic acids is 4. The van der Waals surface area contributed by atoms with E-state index in [4.69, 9.17) is 18.9 Å². The van der Waals surface area contributed by atoms with Gasteiger partial charge in [-0.05, 0) is 42.7 Å². The van der Waals surface area contributed by atoms with Crippen LogP contribution in [0.3, 0.4) is 0 Å². The van der Waals surface area contributed by atoms with Gasteiger partial charge in [-0.15, -0.1) is 0 Å². The zero-order valence-corrected chi connectivity index (χ0v) is 27.9. The van der Waals surface area contributed by atoms with Crippen molar-refractivity contribution in [3.63, 3.8) is 0 Å². The zero-order chi connectivity index (χ0) is 34.7. The molecule has 49 heavy (non-hydrogen) atoms. The molecule has 0 radical (unpaired) electrons. The van der Waals surface area contributed by atoms with Crippen molar-refractivity contribution in [1.82, 2.24) is 10.2 Å². The van der Waals surface area contributed by atoms with Gasteiger partial charge in [0.1, 0.15) is 29.4 Å². The number of carbonyl (C=O) groups is 4. The maximum absolute atomic E-state index is 14.9. The number of anilines is 1. The summed E-state index contributed by atoms with van der Waals surface area (Å²) in [5, 5.41) is 13.5. The van der Waals surface area contributed by atoms with Gasteiger partial charge in [-0.1, -0.05) is 61.6 Å². The minimum Gasteiger partial charge on any atom is -0.497 e. The van der Waals surface area contributed by atoms with Gasteiger partial charge in [0.05, 0.1) is 44.4 Å². The third-order valence-corrected chi connectivity index (χ3v) is 9.97. The molecule has 2 N–H and O–H groups in total. The first-order valence-electron chi connectivity index (χ1n) is 16.7. The number of methoxy groups -OCH3 is 2. The maximum atomic E-state index is 14.9. The van der Waals surface area contributed by atoms with Crippen LogP contribution in [0.4, 0.5) is 5.69 Å². The van der Waals surface area contributed by atoms with Crippen molar-refractivity contribution in [3.8, 4) is 5.75 Å². The molecule has 0 aliphatic carbocycles. The standard InChI is InChI=1S/C37H43N3O9/c1-4-24(21-41)40-33-35(44)39(25-14-16-26(47-3)17-15-25)20-10-6-9-13-29(42)38-27(22-46-2)32(23-11-7-5-8-12-23)48-36(45)30-28-18-19-37(33,49-28)31(30)34(40)43/h5-8,10-12,14-19,24,27-28,30-33,41H,4,9,13,20-22H2,1-3H3,(H,38,42)/b10-6-/t24-,27-,28+,30-,31-,32-,33+,37-/m0/s1. The fraction of sp³-hybridized carbons (Fsp3) is 0.459. The molecule has 1 spiro atoms. The molecule has 260 valence electrons. The van der Waals surface area contributed by atoms with Crippen molar-refractivity contribution in [1.29, 1.82) is 0 Å². The Hall–Kier alpha value is -4.52. The number of benzene rings is 2. The molecule has 8 atom stereocenters. The number of nitrogens with one attached hydrogen (secondary N) is 1. The minimum absolute atomic E-state index is 0.0566. The first-order valence-corrected chi connectivity index (χ1v) is 16.7. The Morgan fingerprint density at radius 3 is 2.45 bits per heavy atom. The Labute approximate surface area is 285 Å². The molecule has 5 bridgehead atoms. The van der Waals surface area contributed by atoms with E-state index < -0.39 is 65.6 Å². The van der Waals surface area contributed by atoms with Crippen molar-refractivity contribution in [2.24, 2.45) is 11.8 Å². The summed E-state index contributed by atoms with van der Waals surface area (Å²) in [6.45, 7) is 1.64. The first kappa shape index (κ1) is 34.3. The number of cyclic esters (lactones) is 1. The number of hydrogen-bond donors (Lipinski definition) is 2. The zero-order valence-electron chi connectivity index (χ0n) is 27.9. The molecule has 0 saturated carbocycles. The van der Waals surface area contributed by atoms with E-state index in [1.807, 2.05) is 37.3 Å². The smallest absolute Gasteiger partial charge is 0.313 e. The molecule has 0 aromatic heterocycles. The summed E-state index contributed by atoms with van der Waals surface area (Å²) in [6, 6.07) is 13.4. The molecule has 4 aliphatic rings. The molecule has 12 nitrogen and oxygen atoms in total. The molecule has 2 saturated heterocycles. The number of esters is 1. The number of fused-ring (bicyclic) bond motifs is 2. The fourth-order valence-electron chi connectivity index (χ4n) is 7.60. The molecule has 3 amide bonds. The topological polar surface area (TPSA) is 144 Å². The van der Waals surface area contributed by atoms with Crippen molar-refractivity contribution in [2.45, 2.75) is 62.1 Å². The van der Waals surface area contributed by atoms with E-state index in [0.717, 1.165) is 0 Å². The van der Waals surface area contributed by atoms with Gasteiger partial charge in [0.2, 0.25) is 11.8 Å². The second kappa shape index (κ2) is 14.5. The number of amides is 3. The van der Waals surface area contributed by atoms with Crippen molar-refractivity contribution >= 4 is 29.4 Å². The molecule has 12 heteroatoms. The summed E-state index contributed by atoms with van der Waals surface area (Å²) in [5.41, 5.74) is -0.286. The quantitative estimate of drug-likeness (QED) is 0.319. The molecule has 4 heterocycles. The molecular formula is C37H43N3O9. The second-order valence-electron chi connectivity index (χ2n) is 12.7. The lowest BCUT2D eigenvalue weighted by molar-refractivity contribution is -0.162. The van der Waals surface area contributed by atoms with Crippen LogP contribution in [0, 0.1) is 11.8 Å². The Morgan fingerprint density at radius 2 is 1.78 bits per heavy atom. The summed E-state index contributed by atoms with van der Waals surface area (Å²) < 4.78 is 23.6. The highest BCUT2D eigenvalue weighted by Gasteiger charge is 2.74. The van der Waals surface area contributed by atoms with E-state index in [1.54, 1.807) is 60.6 Å². The molecule has 4 aliphatic heterocycles. The normalized spacial score (nSPS) is 31.3. The van der Waals surface area contributed by atoms with Crippen LogP contribution < -0.4 is 15.0 Å². The molecule has 0 unspecified atom stereocenters. The molecule has 6 rings (SSSR count). The molecular weight excluding hydrogens is 630 g/mol. The SMILES string of the molecule is CC[C@@H](CO)N1C(=O)[C@@H]2[C@H]3C(=O)O[C@@H](c4ccccc4)[C@H](COC)NC(=O)CC/C=C\CN(c4ccc(OC)cc4)C(=O)[C@@H]1[C@]21C=C[C@H]3O1. The van der Waals surface area contributed by atoms with Gasteiger partial charge in [0.15, 0.2) is 0 Å². The summed E-state index contributed by atoms with van der Waals surface area (Å²) in [5.74, 6) is -3.40. The molecule has 2 aromatic rings. The van der Waals surface area contributed by atoms with Crippen LogP contribution in [0.1, 0.15) is 37.9 Å². The number of likely N-dealkylation sites (tertiary alicyclic amines) is 1. The lowest BCUT2D eigenvalue weighted by Gasteiger charge is -2.38. The van der Waals surface area contributed by atoms with Crippen LogP contribution >= 0.6 is 0 Å². The summed E-state index contributed by atoms with van der Waals surface area (Å²) in [7, 11) is 3.05. The summed E-state index contributed by atoms with van der Waals surface area (Å²) >= 11 is 0. The number of ether oxygens (including phenoxy) is 4.